The van der Waals surface area contributed by atoms with E-state index in [1.54, 1.807) is 42.5 Å². The molecule has 5 amide bonds. The van der Waals surface area contributed by atoms with Gasteiger partial charge in [0, 0.05) is 24.4 Å². The largest absolute Gasteiger partial charge is 0.352 e. The first-order chi connectivity index (χ1) is 16.2. The average molecular weight is 470 g/mol. The molecule has 1 aromatic rings. The Kier molecular flexibility index (Phi) is 10.3. The number of anilines is 1. The first-order valence-corrected chi connectivity index (χ1v) is 11.5. The van der Waals surface area contributed by atoms with Crippen molar-refractivity contribution in [1.82, 2.24) is 21.3 Å². The van der Waals surface area contributed by atoms with E-state index in [1.165, 1.54) is 6.08 Å². The number of hydrogen-bond acceptors (Lipinski definition) is 4. The minimum absolute atomic E-state index is 0.0306. The van der Waals surface area contributed by atoms with Gasteiger partial charge in [-0.05, 0) is 30.4 Å². The van der Waals surface area contributed by atoms with E-state index in [4.69, 9.17) is 0 Å². The van der Waals surface area contributed by atoms with E-state index in [0.717, 1.165) is 0 Å². The fourth-order valence-corrected chi connectivity index (χ4v) is 3.26. The zero-order valence-electron chi connectivity index (χ0n) is 20.1. The maximum atomic E-state index is 13.1. The zero-order valence-corrected chi connectivity index (χ0v) is 20.1. The van der Waals surface area contributed by atoms with Crippen LogP contribution < -0.4 is 26.6 Å². The first kappa shape index (κ1) is 26.6. The van der Waals surface area contributed by atoms with Gasteiger partial charge in [-0.3, -0.25) is 14.4 Å². The molecule has 0 unspecified atom stereocenters. The lowest BCUT2D eigenvalue weighted by Crippen LogP contribution is -2.56. The van der Waals surface area contributed by atoms with Gasteiger partial charge in [0.15, 0.2) is 0 Å². The lowest BCUT2D eigenvalue weighted by Gasteiger charge is -2.26. The SMILES string of the molecule is CC(C)[C@H](NC(=O)Nc1ccccc1)C(=O)N[C@H]1/C=C/CCNC(=O)/C=C/[C@H](C(C)C)NC1=O. The number of para-hydroxylation sites is 1. The third kappa shape index (κ3) is 8.73. The summed E-state index contributed by atoms with van der Waals surface area (Å²) in [6.07, 6.45) is 6.89. The van der Waals surface area contributed by atoms with E-state index in [9.17, 15) is 19.2 Å². The van der Waals surface area contributed by atoms with Crippen LogP contribution in [0.5, 0.6) is 0 Å². The van der Waals surface area contributed by atoms with Crippen molar-refractivity contribution in [2.24, 2.45) is 11.8 Å². The molecule has 0 radical (unpaired) electrons. The summed E-state index contributed by atoms with van der Waals surface area (Å²) in [5.41, 5.74) is 0.601. The summed E-state index contributed by atoms with van der Waals surface area (Å²) in [5, 5.41) is 13.8. The molecule has 5 N–H and O–H groups in total. The number of carbonyl (C=O) groups is 4. The Morgan fingerprint density at radius 1 is 1.03 bits per heavy atom. The summed E-state index contributed by atoms with van der Waals surface area (Å²) in [7, 11) is 0. The van der Waals surface area contributed by atoms with Gasteiger partial charge in [0.05, 0.1) is 0 Å². The molecular weight excluding hydrogens is 434 g/mol. The number of carbonyl (C=O) groups excluding carboxylic acids is 4. The standard InChI is InChI=1S/C25H35N5O4/c1-16(2)19-13-14-21(31)26-15-9-8-12-20(23(32)28-19)29-24(33)22(17(3)4)30-25(34)27-18-10-6-5-7-11-18/h5-8,10-14,16-17,19-20,22H,9,15H2,1-4H3,(H,26,31)(H,28,32)(H,29,33)(H2,27,30,34)/b12-8+,14-13+/t19-,20+,22+/m1/s1. The summed E-state index contributed by atoms with van der Waals surface area (Å²) in [5.74, 6) is -1.28. The van der Waals surface area contributed by atoms with Crippen LogP contribution in [0.3, 0.4) is 0 Å². The molecule has 9 nitrogen and oxygen atoms in total. The second-order valence-corrected chi connectivity index (χ2v) is 8.82. The van der Waals surface area contributed by atoms with E-state index >= 15 is 0 Å². The Labute approximate surface area is 200 Å². The Morgan fingerprint density at radius 2 is 1.74 bits per heavy atom. The molecule has 0 aliphatic carbocycles. The monoisotopic (exact) mass is 469 g/mol. The summed E-state index contributed by atoms with van der Waals surface area (Å²) in [6.45, 7) is 7.88. The van der Waals surface area contributed by atoms with Crippen LogP contribution in [0.25, 0.3) is 0 Å². The number of nitrogens with one attached hydrogen (secondary N) is 5. The van der Waals surface area contributed by atoms with Gasteiger partial charge in [-0.2, -0.15) is 0 Å². The van der Waals surface area contributed by atoms with Crippen molar-refractivity contribution < 1.29 is 19.2 Å². The molecule has 3 atom stereocenters. The van der Waals surface area contributed by atoms with Crippen molar-refractivity contribution in [2.75, 3.05) is 11.9 Å². The minimum Gasteiger partial charge on any atom is -0.352 e. The molecule has 2 rings (SSSR count). The maximum absolute atomic E-state index is 13.1. The van der Waals surface area contributed by atoms with E-state index in [1.807, 2.05) is 33.8 Å². The van der Waals surface area contributed by atoms with Crippen molar-refractivity contribution in [1.29, 1.82) is 0 Å². The number of urea groups is 1. The van der Waals surface area contributed by atoms with Gasteiger partial charge in [-0.25, -0.2) is 4.79 Å². The van der Waals surface area contributed by atoms with Crippen LogP contribution in [0.1, 0.15) is 34.1 Å². The molecular formula is C25H35N5O4. The van der Waals surface area contributed by atoms with E-state index in [0.29, 0.717) is 18.7 Å². The highest BCUT2D eigenvalue weighted by molar-refractivity contribution is 5.96. The maximum Gasteiger partial charge on any atom is 0.319 e. The fourth-order valence-electron chi connectivity index (χ4n) is 3.26. The predicted octanol–water partition coefficient (Wildman–Crippen LogP) is 2.09. The molecule has 0 saturated heterocycles. The second kappa shape index (κ2) is 13.2. The molecule has 0 saturated carbocycles. The Morgan fingerprint density at radius 3 is 2.38 bits per heavy atom. The average Bonchev–Trinajstić information content (AvgIpc) is 2.78. The smallest absolute Gasteiger partial charge is 0.319 e. The molecule has 184 valence electrons. The van der Waals surface area contributed by atoms with Crippen molar-refractivity contribution in [3.05, 3.63) is 54.6 Å². The van der Waals surface area contributed by atoms with Gasteiger partial charge in [0.1, 0.15) is 12.1 Å². The summed E-state index contributed by atoms with van der Waals surface area (Å²) >= 11 is 0. The van der Waals surface area contributed by atoms with Crippen LogP contribution in [-0.2, 0) is 14.4 Å². The highest BCUT2D eigenvalue weighted by Crippen LogP contribution is 2.08. The van der Waals surface area contributed by atoms with Crippen LogP contribution in [0.2, 0.25) is 0 Å². The predicted molar refractivity (Wildman–Crippen MR) is 132 cm³/mol. The second-order valence-electron chi connectivity index (χ2n) is 8.82. The van der Waals surface area contributed by atoms with E-state index < -0.39 is 29.9 Å². The van der Waals surface area contributed by atoms with Crippen LogP contribution in [0.4, 0.5) is 10.5 Å². The van der Waals surface area contributed by atoms with Gasteiger partial charge in [-0.15, -0.1) is 0 Å². The molecule has 1 heterocycles. The molecule has 0 bridgehead atoms. The van der Waals surface area contributed by atoms with Crippen LogP contribution in [0.15, 0.2) is 54.6 Å². The van der Waals surface area contributed by atoms with Crippen molar-refractivity contribution in [3.63, 3.8) is 0 Å². The Balaban J connectivity index is 2.12. The summed E-state index contributed by atoms with van der Waals surface area (Å²) in [4.78, 5) is 50.4. The highest BCUT2D eigenvalue weighted by Gasteiger charge is 2.29. The third-order valence-corrected chi connectivity index (χ3v) is 5.27. The van der Waals surface area contributed by atoms with Gasteiger partial charge in [0.2, 0.25) is 17.7 Å². The molecule has 0 spiro atoms. The third-order valence-electron chi connectivity index (χ3n) is 5.27. The van der Waals surface area contributed by atoms with Crippen LogP contribution in [0, 0.1) is 11.8 Å². The lowest BCUT2D eigenvalue weighted by molar-refractivity contribution is -0.129. The normalized spacial score (nSPS) is 21.8. The van der Waals surface area contributed by atoms with Crippen molar-refractivity contribution >= 4 is 29.4 Å². The molecule has 0 fully saturated rings. The molecule has 0 aromatic heterocycles. The molecule has 1 aliphatic heterocycles. The highest BCUT2D eigenvalue weighted by atomic mass is 16.2. The van der Waals surface area contributed by atoms with Crippen LogP contribution >= 0.6 is 0 Å². The molecule has 1 aromatic carbocycles. The Bertz CT molecular complexity index is 911. The lowest BCUT2D eigenvalue weighted by atomic mass is 10.0. The summed E-state index contributed by atoms with van der Waals surface area (Å²) < 4.78 is 0. The quantitative estimate of drug-likeness (QED) is 0.409. The Hall–Kier alpha value is -3.62. The van der Waals surface area contributed by atoms with Crippen molar-refractivity contribution in [2.45, 2.75) is 52.2 Å². The topological polar surface area (TPSA) is 128 Å². The summed E-state index contributed by atoms with van der Waals surface area (Å²) in [6, 6.07) is 6.22. The number of amides is 5. The molecule has 9 heteroatoms. The number of rotatable bonds is 6. The first-order valence-electron chi connectivity index (χ1n) is 11.5. The van der Waals surface area contributed by atoms with E-state index in [2.05, 4.69) is 26.6 Å². The van der Waals surface area contributed by atoms with Gasteiger partial charge in [-0.1, -0.05) is 64.1 Å². The van der Waals surface area contributed by atoms with Gasteiger partial charge in [0.25, 0.3) is 0 Å². The number of hydrogen-bond donors (Lipinski definition) is 5. The molecule has 34 heavy (non-hydrogen) atoms. The zero-order chi connectivity index (χ0) is 25.1. The van der Waals surface area contributed by atoms with E-state index in [-0.39, 0.29) is 23.8 Å². The van der Waals surface area contributed by atoms with Gasteiger partial charge >= 0.3 is 6.03 Å². The van der Waals surface area contributed by atoms with Crippen LogP contribution in [-0.4, -0.2) is 48.4 Å². The number of benzene rings is 1. The molecule has 1 aliphatic rings. The minimum atomic E-state index is -0.933. The van der Waals surface area contributed by atoms with Gasteiger partial charge < -0.3 is 26.6 Å². The van der Waals surface area contributed by atoms with Crippen molar-refractivity contribution in [3.8, 4) is 0 Å². The fraction of sp³-hybridized carbons (Fsp3) is 0.440.